The van der Waals surface area contributed by atoms with Crippen molar-refractivity contribution in [3.05, 3.63) is 30.1 Å². The summed E-state index contributed by atoms with van der Waals surface area (Å²) < 4.78 is 13.2. The molecule has 1 aromatic rings. The summed E-state index contributed by atoms with van der Waals surface area (Å²) in [5, 5.41) is 12.6. The Kier molecular flexibility index (Phi) is 3.97. The predicted octanol–water partition coefficient (Wildman–Crippen LogP) is 1.37. The third kappa shape index (κ3) is 3.17. The predicted molar refractivity (Wildman–Crippen MR) is 66.7 cm³/mol. The van der Waals surface area contributed by atoms with Crippen molar-refractivity contribution in [1.82, 2.24) is 5.32 Å². The average Bonchev–Trinajstić information content (AvgIpc) is 2.51. The third-order valence-electron chi connectivity index (χ3n) is 3.19. The molecule has 17 heavy (non-hydrogen) atoms. The quantitative estimate of drug-likeness (QED) is 0.817. The highest BCUT2D eigenvalue weighted by Gasteiger charge is 2.20. The Morgan fingerprint density at radius 3 is 3.06 bits per heavy atom. The Bertz CT molecular complexity index is 372. The first-order valence-corrected chi connectivity index (χ1v) is 6.06. The molecule has 0 saturated carbocycles. The fourth-order valence-electron chi connectivity index (χ4n) is 2.26. The number of rotatable bonds is 2. The Hall–Kier alpha value is -1.13. The van der Waals surface area contributed by atoms with E-state index in [0.29, 0.717) is 12.6 Å². The lowest BCUT2D eigenvalue weighted by molar-refractivity contribution is 0.240. The van der Waals surface area contributed by atoms with E-state index in [1.54, 1.807) is 12.1 Å². The Balaban J connectivity index is 2.14. The van der Waals surface area contributed by atoms with Crippen LogP contribution in [0.3, 0.4) is 0 Å². The number of benzene rings is 1. The van der Waals surface area contributed by atoms with Crippen LogP contribution in [0.1, 0.15) is 13.3 Å². The van der Waals surface area contributed by atoms with Gasteiger partial charge < -0.3 is 15.3 Å². The normalized spacial score (nSPS) is 25.7. The second kappa shape index (κ2) is 5.47. The summed E-state index contributed by atoms with van der Waals surface area (Å²) in [4.78, 5) is 2.13. The van der Waals surface area contributed by atoms with Gasteiger partial charge in [0, 0.05) is 30.9 Å². The molecule has 94 valence electrons. The van der Waals surface area contributed by atoms with Crippen molar-refractivity contribution >= 4 is 5.69 Å². The molecule has 0 amide bonds. The first kappa shape index (κ1) is 12.3. The second-order valence-electron chi connectivity index (χ2n) is 4.66. The first-order valence-electron chi connectivity index (χ1n) is 6.06. The molecule has 3 nitrogen and oxygen atoms in total. The van der Waals surface area contributed by atoms with E-state index in [-0.39, 0.29) is 18.5 Å². The third-order valence-corrected chi connectivity index (χ3v) is 3.19. The van der Waals surface area contributed by atoms with E-state index in [9.17, 15) is 9.50 Å². The molecule has 1 aliphatic heterocycles. The van der Waals surface area contributed by atoms with Crippen LogP contribution in [0.5, 0.6) is 0 Å². The number of nitrogens with one attached hydrogen (secondary N) is 1. The number of aliphatic hydroxyl groups excluding tert-OH is 1. The van der Waals surface area contributed by atoms with Gasteiger partial charge >= 0.3 is 0 Å². The van der Waals surface area contributed by atoms with Gasteiger partial charge in [-0.15, -0.1) is 0 Å². The molecule has 0 aromatic heterocycles. The lowest BCUT2D eigenvalue weighted by Crippen LogP contribution is -2.42. The van der Waals surface area contributed by atoms with Crippen LogP contribution < -0.4 is 10.2 Å². The van der Waals surface area contributed by atoms with Gasteiger partial charge in [-0.3, -0.25) is 0 Å². The van der Waals surface area contributed by atoms with Crippen molar-refractivity contribution in [3.63, 3.8) is 0 Å². The number of aliphatic hydroxyl groups is 1. The first-order chi connectivity index (χ1) is 8.19. The summed E-state index contributed by atoms with van der Waals surface area (Å²) in [6.07, 6.45) is 0.993. The summed E-state index contributed by atoms with van der Waals surface area (Å²) >= 11 is 0. The zero-order chi connectivity index (χ0) is 12.3. The SMILES string of the molecule is CC1CCN(c2cccc(F)c2)CC(CO)N1. The van der Waals surface area contributed by atoms with Crippen molar-refractivity contribution < 1.29 is 9.50 Å². The van der Waals surface area contributed by atoms with E-state index in [1.165, 1.54) is 6.07 Å². The van der Waals surface area contributed by atoms with Crippen LogP contribution in [0.25, 0.3) is 0 Å². The van der Waals surface area contributed by atoms with Gasteiger partial charge in [-0.05, 0) is 31.5 Å². The van der Waals surface area contributed by atoms with Crippen LogP contribution in [0.2, 0.25) is 0 Å². The molecule has 1 saturated heterocycles. The Morgan fingerprint density at radius 2 is 2.35 bits per heavy atom. The van der Waals surface area contributed by atoms with E-state index in [4.69, 9.17) is 0 Å². The highest BCUT2D eigenvalue weighted by molar-refractivity contribution is 5.46. The number of hydrogen-bond acceptors (Lipinski definition) is 3. The summed E-state index contributed by atoms with van der Waals surface area (Å²) in [6.45, 7) is 3.81. The maximum absolute atomic E-state index is 13.2. The van der Waals surface area contributed by atoms with Crippen molar-refractivity contribution in [2.24, 2.45) is 0 Å². The molecule has 2 N–H and O–H groups in total. The zero-order valence-corrected chi connectivity index (χ0v) is 10.1. The van der Waals surface area contributed by atoms with Gasteiger partial charge in [-0.1, -0.05) is 6.07 Å². The maximum Gasteiger partial charge on any atom is 0.125 e. The molecule has 0 radical (unpaired) electrons. The van der Waals surface area contributed by atoms with Crippen LogP contribution in [-0.4, -0.2) is 36.9 Å². The monoisotopic (exact) mass is 238 g/mol. The lowest BCUT2D eigenvalue weighted by atomic mass is 10.2. The fraction of sp³-hybridized carbons (Fsp3) is 0.538. The summed E-state index contributed by atoms with van der Waals surface area (Å²) in [5.74, 6) is -0.215. The van der Waals surface area contributed by atoms with E-state index in [0.717, 1.165) is 18.7 Å². The molecule has 0 spiro atoms. The molecule has 0 aliphatic carbocycles. The average molecular weight is 238 g/mol. The number of nitrogens with zero attached hydrogens (tertiary/aromatic N) is 1. The van der Waals surface area contributed by atoms with Gasteiger partial charge in [0.15, 0.2) is 0 Å². The van der Waals surface area contributed by atoms with Crippen molar-refractivity contribution in [2.75, 3.05) is 24.6 Å². The highest BCUT2D eigenvalue weighted by Crippen LogP contribution is 2.18. The van der Waals surface area contributed by atoms with Gasteiger partial charge in [-0.25, -0.2) is 4.39 Å². The fourth-order valence-corrected chi connectivity index (χ4v) is 2.26. The molecule has 1 fully saturated rings. The molecule has 0 bridgehead atoms. The lowest BCUT2D eigenvalue weighted by Gasteiger charge is -2.25. The molecular formula is C13H19FN2O. The van der Waals surface area contributed by atoms with Crippen LogP contribution in [0, 0.1) is 5.82 Å². The molecule has 1 aromatic carbocycles. The van der Waals surface area contributed by atoms with Crippen molar-refractivity contribution in [3.8, 4) is 0 Å². The molecule has 1 aliphatic rings. The minimum Gasteiger partial charge on any atom is -0.395 e. The van der Waals surface area contributed by atoms with E-state index < -0.39 is 0 Å². The molecule has 2 unspecified atom stereocenters. The Labute approximate surface area is 101 Å². The van der Waals surface area contributed by atoms with Crippen LogP contribution in [-0.2, 0) is 0 Å². The van der Waals surface area contributed by atoms with Gasteiger partial charge in [-0.2, -0.15) is 0 Å². The smallest absolute Gasteiger partial charge is 0.125 e. The zero-order valence-electron chi connectivity index (χ0n) is 10.1. The minimum absolute atomic E-state index is 0.0516. The molecular weight excluding hydrogens is 219 g/mol. The van der Waals surface area contributed by atoms with E-state index in [2.05, 4.69) is 17.1 Å². The number of hydrogen-bond donors (Lipinski definition) is 2. The van der Waals surface area contributed by atoms with Gasteiger partial charge in [0.25, 0.3) is 0 Å². The Morgan fingerprint density at radius 1 is 1.53 bits per heavy atom. The summed E-state index contributed by atoms with van der Waals surface area (Å²) in [6, 6.07) is 7.06. The van der Waals surface area contributed by atoms with Crippen LogP contribution in [0.4, 0.5) is 10.1 Å². The van der Waals surface area contributed by atoms with Crippen LogP contribution in [0.15, 0.2) is 24.3 Å². The summed E-state index contributed by atoms with van der Waals surface area (Å²) in [5.41, 5.74) is 0.888. The van der Waals surface area contributed by atoms with Crippen molar-refractivity contribution in [2.45, 2.75) is 25.4 Å². The number of anilines is 1. The van der Waals surface area contributed by atoms with Gasteiger partial charge in [0.05, 0.1) is 6.61 Å². The summed E-state index contributed by atoms with van der Waals surface area (Å²) in [7, 11) is 0. The van der Waals surface area contributed by atoms with E-state index in [1.807, 2.05) is 6.07 Å². The standard InChI is InChI=1S/C13H19FN2O/c1-10-5-6-16(8-12(9-17)15-10)13-4-2-3-11(14)7-13/h2-4,7,10,12,15,17H,5-6,8-9H2,1H3. The maximum atomic E-state index is 13.2. The van der Waals surface area contributed by atoms with Crippen LogP contribution >= 0.6 is 0 Å². The molecule has 2 rings (SSSR count). The molecule has 4 heteroatoms. The van der Waals surface area contributed by atoms with Crippen molar-refractivity contribution in [1.29, 1.82) is 0 Å². The number of halogens is 1. The van der Waals surface area contributed by atoms with Gasteiger partial charge in [0.1, 0.15) is 5.82 Å². The molecule has 1 heterocycles. The minimum atomic E-state index is -0.215. The topological polar surface area (TPSA) is 35.5 Å². The molecule has 2 atom stereocenters. The van der Waals surface area contributed by atoms with Gasteiger partial charge in [0.2, 0.25) is 0 Å². The second-order valence-corrected chi connectivity index (χ2v) is 4.66. The largest absolute Gasteiger partial charge is 0.395 e. The van der Waals surface area contributed by atoms with E-state index >= 15 is 0 Å². The highest BCUT2D eigenvalue weighted by atomic mass is 19.1.